The molecule has 0 aromatic heterocycles. The summed E-state index contributed by atoms with van der Waals surface area (Å²) in [5.41, 5.74) is 6.61. The van der Waals surface area contributed by atoms with Gasteiger partial charge in [0.1, 0.15) is 0 Å². The summed E-state index contributed by atoms with van der Waals surface area (Å²) in [5.74, 6) is 0.0537. The molecule has 0 unspecified atom stereocenters. The fourth-order valence-corrected chi connectivity index (χ4v) is 5.57. The van der Waals surface area contributed by atoms with Gasteiger partial charge >= 0.3 is 0 Å². The highest BCUT2D eigenvalue weighted by Crippen LogP contribution is 2.26. The van der Waals surface area contributed by atoms with Crippen molar-refractivity contribution in [3.05, 3.63) is 89.0 Å². The van der Waals surface area contributed by atoms with Crippen molar-refractivity contribution in [1.29, 1.82) is 0 Å². The van der Waals surface area contributed by atoms with Crippen molar-refractivity contribution in [2.24, 2.45) is 0 Å². The Morgan fingerprint density at radius 1 is 0.795 bits per heavy atom. The predicted octanol–water partition coefficient (Wildman–Crippen LogP) is 5.53. The van der Waals surface area contributed by atoms with E-state index < -0.39 is 0 Å². The number of piperazine rings is 1. The molecule has 2 aliphatic heterocycles. The number of hydrogen-bond acceptors (Lipinski definition) is 4. The van der Waals surface area contributed by atoms with Crippen LogP contribution in [0.1, 0.15) is 64.1 Å². The topological polar surface area (TPSA) is 55.9 Å². The highest BCUT2D eigenvalue weighted by Gasteiger charge is 2.20. The molecule has 1 N–H and O–H groups in total. The number of carbonyl (C=O) groups is 2. The van der Waals surface area contributed by atoms with Gasteiger partial charge in [-0.25, -0.2) is 0 Å². The molecule has 0 radical (unpaired) electrons. The van der Waals surface area contributed by atoms with Crippen LogP contribution in [0.15, 0.2) is 66.7 Å². The number of amides is 2. The maximum absolute atomic E-state index is 13.4. The highest BCUT2D eigenvalue weighted by molar-refractivity contribution is 5.97. The number of likely N-dealkylation sites (N-methyl/N-ethyl adjacent to an activating group) is 1. The van der Waals surface area contributed by atoms with Crippen molar-refractivity contribution < 1.29 is 9.59 Å². The van der Waals surface area contributed by atoms with E-state index in [1.807, 2.05) is 67.3 Å². The van der Waals surface area contributed by atoms with Crippen molar-refractivity contribution in [2.45, 2.75) is 39.2 Å². The fourth-order valence-electron chi connectivity index (χ4n) is 5.57. The smallest absolute Gasteiger partial charge is 0.253 e. The first-order valence-electron chi connectivity index (χ1n) is 14.2. The van der Waals surface area contributed by atoms with Gasteiger partial charge in [0.2, 0.25) is 0 Å². The molecule has 0 aliphatic carbocycles. The van der Waals surface area contributed by atoms with Crippen LogP contribution in [0.3, 0.4) is 0 Å². The molecule has 0 bridgehead atoms. The van der Waals surface area contributed by atoms with Gasteiger partial charge in [-0.05, 0) is 92.7 Å². The second-order valence-electron chi connectivity index (χ2n) is 11.0. The molecule has 2 fully saturated rings. The number of rotatable bonds is 6. The zero-order valence-corrected chi connectivity index (χ0v) is 23.5. The first-order chi connectivity index (χ1) is 18.9. The predicted molar refractivity (Wildman–Crippen MR) is 158 cm³/mol. The molecular weight excluding hydrogens is 484 g/mol. The molecule has 2 amide bonds. The van der Waals surface area contributed by atoms with Gasteiger partial charge in [-0.2, -0.15) is 0 Å². The van der Waals surface area contributed by atoms with Crippen LogP contribution in [0, 0.1) is 6.92 Å². The second kappa shape index (κ2) is 12.0. The third-order valence-electron chi connectivity index (χ3n) is 8.15. The zero-order valence-electron chi connectivity index (χ0n) is 23.5. The molecule has 6 nitrogen and oxygen atoms in total. The van der Waals surface area contributed by atoms with Gasteiger partial charge in [-0.1, -0.05) is 36.4 Å². The van der Waals surface area contributed by atoms with Crippen molar-refractivity contribution in [3.63, 3.8) is 0 Å². The Labute approximate surface area is 232 Å². The Kier molecular flexibility index (Phi) is 8.32. The maximum atomic E-state index is 13.4. The summed E-state index contributed by atoms with van der Waals surface area (Å²) in [4.78, 5) is 33.1. The first kappa shape index (κ1) is 26.9. The van der Waals surface area contributed by atoms with Gasteiger partial charge in [-0.3, -0.25) is 9.59 Å². The van der Waals surface area contributed by atoms with Crippen molar-refractivity contribution >= 4 is 17.5 Å². The minimum atomic E-state index is -0.165. The van der Waals surface area contributed by atoms with E-state index >= 15 is 0 Å². The lowest BCUT2D eigenvalue weighted by Gasteiger charge is -2.34. The molecule has 3 aromatic rings. The number of nitrogens with one attached hydrogen (secondary N) is 1. The molecule has 204 valence electrons. The number of benzene rings is 3. The van der Waals surface area contributed by atoms with Crippen molar-refractivity contribution in [3.8, 4) is 11.1 Å². The summed E-state index contributed by atoms with van der Waals surface area (Å²) in [7, 11) is 2.15. The van der Waals surface area contributed by atoms with E-state index in [0.717, 1.165) is 91.2 Å². The fraction of sp³-hybridized carbons (Fsp3) is 0.394. The minimum absolute atomic E-state index is 0.0597. The van der Waals surface area contributed by atoms with Crippen LogP contribution in [0.4, 0.5) is 5.69 Å². The van der Waals surface area contributed by atoms with Crippen LogP contribution in [-0.2, 0) is 0 Å². The number of likely N-dealkylation sites (tertiary alicyclic amines) is 1. The van der Waals surface area contributed by atoms with E-state index in [2.05, 4.69) is 40.4 Å². The average molecular weight is 525 g/mol. The number of carbonyl (C=O) groups excluding carboxylic acids is 2. The lowest BCUT2D eigenvalue weighted by atomic mass is 9.98. The van der Waals surface area contributed by atoms with Crippen LogP contribution in [0.25, 0.3) is 11.1 Å². The molecule has 0 saturated carbocycles. The Hall–Kier alpha value is -3.64. The summed E-state index contributed by atoms with van der Waals surface area (Å²) in [6.45, 7) is 9.68. The number of anilines is 1. The second-order valence-corrected chi connectivity index (χ2v) is 11.0. The first-order valence-corrected chi connectivity index (χ1v) is 14.2. The van der Waals surface area contributed by atoms with Gasteiger partial charge in [0.15, 0.2) is 0 Å². The SMILES string of the molecule is Cc1ccc(N2CCN(C)CC2)cc1C(=O)N[C@H](C)c1cccc(-c2cccc(C(=O)N3CCCCC3)c2)c1. The van der Waals surface area contributed by atoms with Gasteiger partial charge in [0.25, 0.3) is 11.8 Å². The molecule has 39 heavy (non-hydrogen) atoms. The maximum Gasteiger partial charge on any atom is 0.253 e. The number of hydrogen-bond donors (Lipinski definition) is 1. The van der Waals surface area contributed by atoms with E-state index in [1.54, 1.807) is 0 Å². The van der Waals surface area contributed by atoms with Gasteiger partial charge < -0.3 is 20.0 Å². The number of aryl methyl sites for hydroxylation is 1. The van der Waals surface area contributed by atoms with E-state index in [1.165, 1.54) is 6.42 Å². The molecule has 5 rings (SSSR count). The highest BCUT2D eigenvalue weighted by atomic mass is 16.2. The molecule has 1 atom stereocenters. The standard InChI is InChI=1S/C33H40N4O2/c1-24-13-14-30(36-19-17-35(3)18-20-36)23-31(24)32(38)34-25(2)26-9-7-10-27(21-26)28-11-8-12-29(22-28)33(39)37-15-5-4-6-16-37/h7-14,21-23,25H,4-6,15-20H2,1-3H3,(H,34,38)/t25-/m1/s1. The summed E-state index contributed by atoms with van der Waals surface area (Å²) >= 11 is 0. The lowest BCUT2D eigenvalue weighted by Crippen LogP contribution is -2.44. The number of nitrogens with zero attached hydrogens (tertiary/aromatic N) is 3. The third kappa shape index (κ3) is 6.34. The van der Waals surface area contributed by atoms with Crippen LogP contribution in [-0.4, -0.2) is 67.9 Å². The van der Waals surface area contributed by atoms with E-state index in [4.69, 9.17) is 0 Å². The average Bonchev–Trinajstić information content (AvgIpc) is 2.98. The summed E-state index contributed by atoms with van der Waals surface area (Å²) in [6, 6.07) is 22.2. The van der Waals surface area contributed by atoms with Crippen molar-refractivity contribution in [1.82, 2.24) is 15.1 Å². The quantitative estimate of drug-likeness (QED) is 0.461. The lowest BCUT2D eigenvalue weighted by molar-refractivity contribution is 0.0724. The van der Waals surface area contributed by atoms with E-state index in [-0.39, 0.29) is 17.9 Å². The molecule has 6 heteroatoms. The monoisotopic (exact) mass is 524 g/mol. The zero-order chi connectivity index (χ0) is 27.4. The summed E-state index contributed by atoms with van der Waals surface area (Å²) in [6.07, 6.45) is 3.36. The Balaban J connectivity index is 1.30. The minimum Gasteiger partial charge on any atom is -0.369 e. The molecular formula is C33H40N4O2. The van der Waals surface area contributed by atoms with Gasteiger partial charge in [0.05, 0.1) is 6.04 Å². The van der Waals surface area contributed by atoms with Crippen LogP contribution in [0.2, 0.25) is 0 Å². The molecule has 2 heterocycles. The van der Waals surface area contributed by atoms with Crippen LogP contribution in [0.5, 0.6) is 0 Å². The third-order valence-corrected chi connectivity index (χ3v) is 8.15. The summed E-state index contributed by atoms with van der Waals surface area (Å²) < 4.78 is 0. The van der Waals surface area contributed by atoms with E-state index in [0.29, 0.717) is 0 Å². The van der Waals surface area contributed by atoms with Crippen LogP contribution >= 0.6 is 0 Å². The van der Waals surface area contributed by atoms with Crippen LogP contribution < -0.4 is 10.2 Å². The normalized spacial score (nSPS) is 17.1. The molecule has 2 aliphatic rings. The molecule has 3 aromatic carbocycles. The largest absolute Gasteiger partial charge is 0.369 e. The van der Waals surface area contributed by atoms with E-state index in [9.17, 15) is 9.59 Å². The Morgan fingerprint density at radius 3 is 2.23 bits per heavy atom. The summed E-state index contributed by atoms with van der Waals surface area (Å²) in [5, 5.41) is 3.22. The van der Waals surface area contributed by atoms with Gasteiger partial charge in [-0.15, -0.1) is 0 Å². The number of piperidine rings is 1. The van der Waals surface area contributed by atoms with Crippen molar-refractivity contribution in [2.75, 3.05) is 51.2 Å². The molecule has 0 spiro atoms. The Bertz CT molecular complexity index is 1320. The Morgan fingerprint density at radius 2 is 1.49 bits per heavy atom. The molecule has 2 saturated heterocycles. The van der Waals surface area contributed by atoms with Gasteiger partial charge in [0, 0.05) is 56.1 Å².